The van der Waals surface area contributed by atoms with Gasteiger partial charge in [-0.2, -0.15) is 0 Å². The van der Waals surface area contributed by atoms with E-state index in [4.69, 9.17) is 5.11 Å². The van der Waals surface area contributed by atoms with Gasteiger partial charge in [0, 0.05) is 0 Å². The molecule has 1 unspecified atom stereocenters. The molecule has 0 aromatic heterocycles. The number of carbonyl (C=O) groups is 1. The normalized spacial score (nSPS) is 24.2. The van der Waals surface area contributed by atoms with Crippen LogP contribution in [0.4, 0.5) is 0 Å². The van der Waals surface area contributed by atoms with Crippen LogP contribution in [0.1, 0.15) is 25.3 Å². The van der Waals surface area contributed by atoms with E-state index in [9.17, 15) is 4.79 Å². The van der Waals surface area contributed by atoms with Crippen LogP contribution in [0, 0.1) is 11.8 Å². The van der Waals surface area contributed by atoms with Crippen LogP contribution in [0.2, 0.25) is 0 Å². The van der Waals surface area contributed by atoms with Crippen molar-refractivity contribution in [3.63, 3.8) is 0 Å². The van der Waals surface area contributed by atoms with Gasteiger partial charge < -0.3 is 5.11 Å². The fourth-order valence-corrected chi connectivity index (χ4v) is 2.11. The lowest BCUT2D eigenvalue weighted by atomic mass is 10.0. The molecule has 2 atom stereocenters. The van der Waals surface area contributed by atoms with Crippen molar-refractivity contribution in [1.29, 1.82) is 0 Å². The van der Waals surface area contributed by atoms with Gasteiger partial charge in [0.05, 0.1) is 5.92 Å². The van der Waals surface area contributed by atoms with Gasteiger partial charge in [-0.15, -0.1) is 0 Å². The Bertz CT molecular complexity index is 406. The van der Waals surface area contributed by atoms with Crippen LogP contribution in [0.3, 0.4) is 0 Å². The SMILES string of the molecule is CCC(=Cc1ccccc1)[C@@H]1CC1C(=O)O. The lowest BCUT2D eigenvalue weighted by molar-refractivity contribution is -0.138. The quantitative estimate of drug-likeness (QED) is 0.839. The van der Waals surface area contributed by atoms with Gasteiger partial charge in [0.2, 0.25) is 0 Å². The third kappa shape index (κ3) is 2.32. The van der Waals surface area contributed by atoms with Gasteiger partial charge in [0.1, 0.15) is 0 Å². The van der Waals surface area contributed by atoms with E-state index in [1.807, 2.05) is 30.3 Å². The summed E-state index contributed by atoms with van der Waals surface area (Å²) in [5, 5.41) is 8.91. The number of benzene rings is 1. The predicted octanol–water partition coefficient (Wildman–Crippen LogP) is 3.20. The molecule has 2 rings (SSSR count). The average molecular weight is 216 g/mol. The number of carboxylic acids is 1. The first kappa shape index (κ1) is 10.9. The van der Waals surface area contributed by atoms with Gasteiger partial charge in [-0.05, 0) is 24.3 Å². The van der Waals surface area contributed by atoms with Crippen LogP contribution in [-0.4, -0.2) is 11.1 Å². The van der Waals surface area contributed by atoms with Crippen molar-refractivity contribution in [3.05, 3.63) is 41.5 Å². The maximum absolute atomic E-state index is 10.8. The summed E-state index contributed by atoms with van der Waals surface area (Å²) in [5.74, 6) is -0.532. The van der Waals surface area contributed by atoms with Gasteiger partial charge in [-0.3, -0.25) is 4.79 Å². The molecule has 2 nitrogen and oxygen atoms in total. The first-order valence-corrected chi connectivity index (χ1v) is 5.70. The summed E-state index contributed by atoms with van der Waals surface area (Å²) < 4.78 is 0. The Morgan fingerprint density at radius 1 is 1.38 bits per heavy atom. The second kappa shape index (κ2) is 4.52. The van der Waals surface area contributed by atoms with Crippen LogP contribution in [0.15, 0.2) is 35.9 Å². The molecule has 0 amide bonds. The summed E-state index contributed by atoms with van der Waals surface area (Å²) in [4.78, 5) is 10.8. The molecule has 1 aromatic rings. The molecule has 16 heavy (non-hydrogen) atoms. The summed E-state index contributed by atoms with van der Waals surface area (Å²) in [6.07, 6.45) is 3.87. The lowest BCUT2D eigenvalue weighted by Crippen LogP contribution is -2.00. The molecule has 0 radical (unpaired) electrons. The van der Waals surface area contributed by atoms with E-state index in [0.717, 1.165) is 18.4 Å². The van der Waals surface area contributed by atoms with Crippen LogP contribution in [0.5, 0.6) is 0 Å². The molecular weight excluding hydrogens is 200 g/mol. The summed E-state index contributed by atoms with van der Waals surface area (Å²) in [5.41, 5.74) is 2.42. The van der Waals surface area contributed by atoms with E-state index in [2.05, 4.69) is 13.0 Å². The van der Waals surface area contributed by atoms with Crippen molar-refractivity contribution < 1.29 is 9.90 Å². The van der Waals surface area contributed by atoms with E-state index in [-0.39, 0.29) is 11.8 Å². The van der Waals surface area contributed by atoms with Crippen LogP contribution in [0.25, 0.3) is 6.08 Å². The van der Waals surface area contributed by atoms with Gasteiger partial charge in [-0.1, -0.05) is 48.9 Å². The number of carboxylic acid groups (broad SMARTS) is 1. The fourth-order valence-electron chi connectivity index (χ4n) is 2.11. The Hall–Kier alpha value is -1.57. The van der Waals surface area contributed by atoms with E-state index in [1.54, 1.807) is 0 Å². The average Bonchev–Trinajstić information content (AvgIpc) is 3.07. The predicted molar refractivity (Wildman–Crippen MR) is 63.9 cm³/mol. The Kier molecular flexibility index (Phi) is 3.09. The molecule has 84 valence electrons. The highest BCUT2D eigenvalue weighted by Gasteiger charge is 2.44. The molecule has 1 aromatic carbocycles. The number of allylic oxidation sites excluding steroid dienone is 1. The first-order chi connectivity index (χ1) is 7.72. The maximum atomic E-state index is 10.8. The molecule has 0 saturated heterocycles. The standard InChI is InChI=1S/C14H16O2/c1-2-11(12-9-13(12)14(15)16)8-10-6-4-3-5-7-10/h3-8,12-13H,2,9H2,1H3,(H,15,16)/t12-,13?/m0/s1. The smallest absolute Gasteiger partial charge is 0.307 e. The molecule has 0 spiro atoms. The number of rotatable bonds is 4. The van der Waals surface area contributed by atoms with Gasteiger partial charge >= 0.3 is 5.97 Å². The molecule has 0 heterocycles. The zero-order chi connectivity index (χ0) is 11.5. The lowest BCUT2D eigenvalue weighted by Gasteiger charge is -2.03. The van der Waals surface area contributed by atoms with E-state index in [1.165, 1.54) is 5.57 Å². The van der Waals surface area contributed by atoms with E-state index >= 15 is 0 Å². The highest BCUT2D eigenvalue weighted by atomic mass is 16.4. The van der Waals surface area contributed by atoms with Crippen molar-refractivity contribution in [1.82, 2.24) is 0 Å². The minimum atomic E-state index is -0.655. The monoisotopic (exact) mass is 216 g/mol. The fraction of sp³-hybridized carbons (Fsp3) is 0.357. The second-order valence-electron chi connectivity index (χ2n) is 4.27. The minimum Gasteiger partial charge on any atom is -0.481 e. The number of aliphatic carboxylic acids is 1. The molecule has 1 N–H and O–H groups in total. The van der Waals surface area contributed by atoms with Crippen molar-refractivity contribution in [2.75, 3.05) is 0 Å². The molecule has 1 aliphatic rings. The van der Waals surface area contributed by atoms with Gasteiger partial charge in [0.25, 0.3) is 0 Å². The summed E-state index contributed by atoms with van der Waals surface area (Å²) in [6, 6.07) is 10.1. The van der Waals surface area contributed by atoms with Crippen molar-refractivity contribution in [3.8, 4) is 0 Å². The van der Waals surface area contributed by atoms with Crippen LogP contribution >= 0.6 is 0 Å². The van der Waals surface area contributed by atoms with Gasteiger partial charge in [-0.25, -0.2) is 0 Å². The maximum Gasteiger partial charge on any atom is 0.307 e. The Labute approximate surface area is 95.6 Å². The largest absolute Gasteiger partial charge is 0.481 e. The Balaban J connectivity index is 2.13. The summed E-state index contributed by atoms with van der Waals surface area (Å²) in [6.45, 7) is 2.09. The third-order valence-electron chi connectivity index (χ3n) is 3.14. The second-order valence-corrected chi connectivity index (χ2v) is 4.27. The van der Waals surface area contributed by atoms with Crippen molar-refractivity contribution in [2.24, 2.45) is 11.8 Å². The molecule has 1 saturated carbocycles. The summed E-state index contributed by atoms with van der Waals surface area (Å²) >= 11 is 0. The van der Waals surface area contributed by atoms with Gasteiger partial charge in [0.15, 0.2) is 0 Å². The highest BCUT2D eigenvalue weighted by Crippen LogP contribution is 2.45. The summed E-state index contributed by atoms with van der Waals surface area (Å²) in [7, 11) is 0. The topological polar surface area (TPSA) is 37.3 Å². The molecule has 0 bridgehead atoms. The highest BCUT2D eigenvalue weighted by molar-refractivity contribution is 5.75. The van der Waals surface area contributed by atoms with Crippen molar-refractivity contribution >= 4 is 12.0 Å². The van der Waals surface area contributed by atoms with Crippen LogP contribution < -0.4 is 0 Å². The van der Waals surface area contributed by atoms with E-state index in [0.29, 0.717) is 0 Å². The van der Waals surface area contributed by atoms with Crippen molar-refractivity contribution in [2.45, 2.75) is 19.8 Å². The third-order valence-corrected chi connectivity index (χ3v) is 3.14. The molecule has 1 aliphatic carbocycles. The molecule has 2 heteroatoms. The zero-order valence-corrected chi connectivity index (χ0v) is 9.39. The number of hydrogen-bond acceptors (Lipinski definition) is 1. The minimum absolute atomic E-state index is 0.144. The molecule has 1 fully saturated rings. The van der Waals surface area contributed by atoms with E-state index < -0.39 is 5.97 Å². The number of hydrogen-bond donors (Lipinski definition) is 1. The first-order valence-electron chi connectivity index (χ1n) is 5.70. The Morgan fingerprint density at radius 2 is 2.06 bits per heavy atom. The Morgan fingerprint density at radius 3 is 2.56 bits per heavy atom. The molecular formula is C14H16O2. The molecule has 0 aliphatic heterocycles. The zero-order valence-electron chi connectivity index (χ0n) is 9.39. The van der Waals surface area contributed by atoms with Crippen LogP contribution in [-0.2, 0) is 4.79 Å².